The Kier molecular flexibility index (Phi) is 20.5. The highest BCUT2D eigenvalue weighted by molar-refractivity contribution is 7.99. The van der Waals surface area contributed by atoms with Crippen LogP contribution in [0.15, 0.2) is 30.3 Å². The van der Waals surface area contributed by atoms with Crippen molar-refractivity contribution in [1.82, 2.24) is 26.6 Å². The molecule has 1 aliphatic rings. The van der Waals surface area contributed by atoms with E-state index < -0.39 is 128 Å². The molecule has 2 rings (SSSR count). The van der Waals surface area contributed by atoms with Crippen LogP contribution in [-0.4, -0.2) is 147 Å². The molecule has 1 aromatic rings. The number of carbonyl (C=O) groups excluding carboxylic acids is 5. The number of aliphatic hydroxyl groups is 1. The van der Waals surface area contributed by atoms with Gasteiger partial charge in [-0.25, -0.2) is 4.79 Å². The molecule has 0 spiro atoms. The molecule has 22 heteroatoms. The molecule has 0 bridgehead atoms. The van der Waals surface area contributed by atoms with E-state index in [4.69, 9.17) is 30.2 Å². The maximum atomic E-state index is 13.2. The van der Waals surface area contributed by atoms with Crippen LogP contribution in [0.5, 0.6) is 0 Å². The lowest BCUT2D eigenvalue weighted by atomic mass is 9.88. The average Bonchev–Trinajstić information content (AvgIpc) is 3.16. The van der Waals surface area contributed by atoms with Gasteiger partial charge in [-0.3, -0.25) is 33.6 Å². The molecule has 21 nitrogen and oxygen atoms in total. The summed E-state index contributed by atoms with van der Waals surface area (Å²) in [5.41, 5.74) is 6.32. The summed E-state index contributed by atoms with van der Waals surface area (Å²) in [4.78, 5) is 98.1. The second kappa shape index (κ2) is 24.1. The van der Waals surface area contributed by atoms with Gasteiger partial charge in [0, 0.05) is 30.8 Å². The molecule has 0 aliphatic carbocycles. The van der Waals surface area contributed by atoms with Crippen molar-refractivity contribution in [3.63, 3.8) is 0 Å². The lowest BCUT2D eigenvalue weighted by Crippen LogP contribution is -2.62. The summed E-state index contributed by atoms with van der Waals surface area (Å²) in [6, 6.07) is 1.59. The molecule has 324 valence electrons. The summed E-state index contributed by atoms with van der Waals surface area (Å²) in [5.74, 6) is -8.87. The van der Waals surface area contributed by atoms with Crippen LogP contribution in [0.25, 0.3) is 0 Å². The topological polar surface area (TPSA) is 331 Å². The number of thioether (sulfide) groups is 1. The third-order valence-electron chi connectivity index (χ3n) is 8.90. The molecular formula is C36H54N6O15S. The zero-order chi connectivity index (χ0) is 43.7. The van der Waals surface area contributed by atoms with Gasteiger partial charge >= 0.3 is 17.9 Å². The van der Waals surface area contributed by atoms with Crippen LogP contribution in [0, 0.1) is 5.92 Å². The van der Waals surface area contributed by atoms with E-state index in [0.717, 1.165) is 17.3 Å². The first-order valence-electron chi connectivity index (χ1n) is 18.3. The standard InChI is InChI=1S/C36H54N6O15S/c1-17-28(40-21(5)44)36(55-14-22-9-7-6-8-10-22)57-26(13-43)29(17)56-20(4)31(47)38-18(2)30(46)42-24(35(53)54)11-12-27(45)41-25(16-58-15-23(37)34(51)52)32(48)39-19(3)33(49)50/h6-10,17-20,23-26,28-29,36,43H,11-16,37H2,1-5H3,(H,38,47)(H,39,48)(H,40,44)(H,41,45)(H,42,46)(H,49,50)(H,51,52)(H,53,54)/t17-,18+,19-,20-,23+,24-,25-,26?,28?,29+,36+/m1/s1. The van der Waals surface area contributed by atoms with E-state index >= 15 is 0 Å². The largest absolute Gasteiger partial charge is 0.480 e. The number of aliphatic hydroxyl groups excluding tert-OH is 1. The minimum atomic E-state index is -1.62. The Morgan fingerprint density at radius 3 is 2.03 bits per heavy atom. The van der Waals surface area contributed by atoms with Crippen LogP contribution < -0.4 is 32.3 Å². The fraction of sp³-hybridized carbons (Fsp3) is 0.611. The third-order valence-corrected chi connectivity index (χ3v) is 10.1. The Labute approximate surface area is 338 Å². The molecule has 1 aliphatic heterocycles. The van der Waals surface area contributed by atoms with Crippen LogP contribution in [0.3, 0.4) is 0 Å². The maximum absolute atomic E-state index is 13.2. The van der Waals surface area contributed by atoms with Crippen LogP contribution in [0.2, 0.25) is 0 Å². The minimum Gasteiger partial charge on any atom is -0.480 e. The van der Waals surface area contributed by atoms with Gasteiger partial charge < -0.3 is 67.0 Å². The monoisotopic (exact) mass is 842 g/mol. The number of carboxylic acid groups (broad SMARTS) is 3. The number of hydrogen-bond acceptors (Lipinski definition) is 14. The van der Waals surface area contributed by atoms with Gasteiger partial charge in [-0.05, 0) is 32.8 Å². The molecule has 2 unspecified atom stereocenters. The summed E-state index contributed by atoms with van der Waals surface area (Å²) >= 11 is 0.904. The predicted molar refractivity (Wildman–Crippen MR) is 205 cm³/mol. The van der Waals surface area contributed by atoms with Crippen molar-refractivity contribution in [2.24, 2.45) is 11.7 Å². The lowest BCUT2D eigenvalue weighted by molar-refractivity contribution is -0.272. The molecule has 0 radical (unpaired) electrons. The first-order valence-corrected chi connectivity index (χ1v) is 19.5. The number of amides is 5. The Bertz CT molecular complexity index is 1590. The Balaban J connectivity index is 2.01. The van der Waals surface area contributed by atoms with Gasteiger partial charge in [0.25, 0.3) is 0 Å². The van der Waals surface area contributed by atoms with Gasteiger partial charge in [0.05, 0.1) is 25.4 Å². The van der Waals surface area contributed by atoms with Crippen molar-refractivity contribution < 1.29 is 73.0 Å². The number of nitrogens with two attached hydrogens (primary N) is 1. The smallest absolute Gasteiger partial charge is 0.326 e. The molecule has 1 saturated heterocycles. The van der Waals surface area contributed by atoms with Crippen molar-refractivity contribution in [3.05, 3.63) is 35.9 Å². The van der Waals surface area contributed by atoms with Crippen molar-refractivity contribution in [3.8, 4) is 0 Å². The summed E-state index contributed by atoms with van der Waals surface area (Å²) in [6.07, 6.45) is -5.10. The van der Waals surface area contributed by atoms with E-state index in [9.17, 15) is 48.6 Å². The minimum absolute atomic E-state index is 0.141. The first-order chi connectivity index (χ1) is 27.2. The molecule has 58 heavy (non-hydrogen) atoms. The summed E-state index contributed by atoms with van der Waals surface area (Å²) < 4.78 is 18.0. The van der Waals surface area contributed by atoms with Crippen LogP contribution >= 0.6 is 11.8 Å². The molecule has 1 aromatic carbocycles. The number of nitrogens with one attached hydrogen (secondary N) is 5. The van der Waals surface area contributed by atoms with Gasteiger partial charge in [0.2, 0.25) is 29.5 Å². The van der Waals surface area contributed by atoms with E-state index in [0.29, 0.717) is 0 Å². The zero-order valence-corrected chi connectivity index (χ0v) is 33.6. The second-order valence-corrected chi connectivity index (χ2v) is 14.8. The fourth-order valence-electron chi connectivity index (χ4n) is 5.55. The third kappa shape index (κ3) is 16.2. The number of hydrogen-bond donors (Lipinski definition) is 10. The number of rotatable bonds is 24. The predicted octanol–water partition coefficient (Wildman–Crippen LogP) is -2.09. The zero-order valence-electron chi connectivity index (χ0n) is 32.7. The maximum Gasteiger partial charge on any atom is 0.326 e. The van der Waals surface area contributed by atoms with Crippen LogP contribution in [-0.2, 0) is 59.2 Å². The Morgan fingerprint density at radius 2 is 1.47 bits per heavy atom. The highest BCUT2D eigenvalue weighted by Gasteiger charge is 2.46. The van der Waals surface area contributed by atoms with Crippen LogP contribution in [0.1, 0.15) is 53.0 Å². The highest BCUT2D eigenvalue weighted by Crippen LogP contribution is 2.30. The molecule has 0 aromatic heterocycles. The molecule has 1 fully saturated rings. The first kappa shape index (κ1) is 49.3. The van der Waals surface area contributed by atoms with Crippen molar-refractivity contribution in [1.29, 1.82) is 0 Å². The normalized spacial score (nSPS) is 22.1. The number of carbonyl (C=O) groups is 8. The summed E-state index contributed by atoms with van der Waals surface area (Å²) in [7, 11) is 0. The van der Waals surface area contributed by atoms with Gasteiger partial charge in [0.15, 0.2) is 6.29 Å². The van der Waals surface area contributed by atoms with E-state index in [1.807, 2.05) is 30.3 Å². The summed E-state index contributed by atoms with van der Waals surface area (Å²) in [6.45, 7) is 6.53. The van der Waals surface area contributed by atoms with E-state index in [1.165, 1.54) is 27.7 Å². The van der Waals surface area contributed by atoms with E-state index in [-0.39, 0.29) is 24.0 Å². The molecule has 11 atom stereocenters. The average molecular weight is 843 g/mol. The van der Waals surface area contributed by atoms with Gasteiger partial charge in [-0.1, -0.05) is 37.3 Å². The molecule has 0 saturated carbocycles. The van der Waals surface area contributed by atoms with Crippen molar-refractivity contribution >= 4 is 59.2 Å². The van der Waals surface area contributed by atoms with Gasteiger partial charge in [-0.15, -0.1) is 0 Å². The number of carboxylic acids is 3. The summed E-state index contributed by atoms with van der Waals surface area (Å²) in [5, 5.41) is 50.1. The van der Waals surface area contributed by atoms with Gasteiger partial charge in [0.1, 0.15) is 42.4 Å². The Hall–Kier alpha value is -4.87. The van der Waals surface area contributed by atoms with Crippen molar-refractivity contribution in [2.45, 2.75) is 115 Å². The SMILES string of the molecule is CC(=O)NC1[C@@H](OCc2ccccc2)OC(CO)[C@@H](O[C@H](C)C(=O)N[C@@H](C)C(=O)N[C@H](CCC(=O)N[C@H](CSC[C@H](N)C(=O)O)C(=O)N[C@H](C)C(=O)O)C(=O)O)[C@@H]1C. The van der Waals surface area contributed by atoms with E-state index in [2.05, 4.69) is 26.6 Å². The highest BCUT2D eigenvalue weighted by atomic mass is 32.2. The Morgan fingerprint density at radius 1 is 0.828 bits per heavy atom. The molecule has 5 amide bonds. The number of benzene rings is 1. The lowest BCUT2D eigenvalue weighted by Gasteiger charge is -2.45. The van der Waals surface area contributed by atoms with Crippen molar-refractivity contribution in [2.75, 3.05) is 18.1 Å². The quantitative estimate of drug-likeness (QED) is 0.0533. The van der Waals surface area contributed by atoms with Gasteiger partial charge in [-0.2, -0.15) is 11.8 Å². The molecular weight excluding hydrogens is 788 g/mol. The van der Waals surface area contributed by atoms with Crippen LogP contribution in [0.4, 0.5) is 0 Å². The number of ether oxygens (including phenoxy) is 3. The fourth-order valence-corrected chi connectivity index (χ4v) is 6.55. The molecule has 11 N–H and O–H groups in total. The second-order valence-electron chi connectivity index (χ2n) is 13.7. The van der Waals surface area contributed by atoms with E-state index in [1.54, 1.807) is 6.92 Å². The number of aliphatic carboxylic acids is 3. The molecule has 1 heterocycles.